The van der Waals surface area contributed by atoms with E-state index in [1.54, 1.807) is 78.1 Å². The molecule has 3 N–H and O–H groups in total. The summed E-state index contributed by atoms with van der Waals surface area (Å²) in [7, 11) is 0. The number of thiazole rings is 1. The second-order valence-electron chi connectivity index (χ2n) is 9.17. The Labute approximate surface area is 266 Å². The molecule has 0 aliphatic carbocycles. The van der Waals surface area contributed by atoms with Crippen LogP contribution in [0.5, 0.6) is 0 Å². The zero-order valence-corrected chi connectivity index (χ0v) is 25.9. The number of amides is 3. The van der Waals surface area contributed by atoms with Gasteiger partial charge in [0.05, 0.1) is 15.8 Å². The van der Waals surface area contributed by atoms with Crippen LogP contribution in [0, 0.1) is 0 Å². The van der Waals surface area contributed by atoms with E-state index in [9.17, 15) is 14.4 Å². The quantitative estimate of drug-likeness (QED) is 0.105. The molecule has 43 heavy (non-hydrogen) atoms. The van der Waals surface area contributed by atoms with Crippen molar-refractivity contribution in [3.05, 3.63) is 124 Å². The lowest BCUT2D eigenvalue weighted by atomic mass is 10.1. The predicted molar refractivity (Wildman–Crippen MR) is 178 cm³/mol. The van der Waals surface area contributed by atoms with Crippen molar-refractivity contribution in [1.82, 2.24) is 10.3 Å². The van der Waals surface area contributed by atoms with Gasteiger partial charge >= 0.3 is 0 Å². The molecule has 1 atom stereocenters. The van der Waals surface area contributed by atoms with Crippen LogP contribution in [-0.2, 0) is 9.59 Å². The molecule has 2 heterocycles. The summed E-state index contributed by atoms with van der Waals surface area (Å²) in [5.74, 6) is -1.05. The van der Waals surface area contributed by atoms with Crippen molar-refractivity contribution in [1.29, 1.82) is 0 Å². The predicted octanol–water partition coefficient (Wildman–Crippen LogP) is 8.05. The molecule has 7 nitrogen and oxygen atoms in total. The number of nitrogens with zero attached hydrogens (tertiary/aromatic N) is 1. The van der Waals surface area contributed by atoms with E-state index in [-0.39, 0.29) is 16.9 Å². The highest BCUT2D eigenvalue weighted by atomic mass is 35.5. The SMILES string of the molecule is CC(Sc1ccc(NC(=O)/C(=C/c2ccc(Cl)cc2)NC(=O)c2ccccc2)cc1)C(=O)Nc1nc(-c2cccs2)cs1. The van der Waals surface area contributed by atoms with Gasteiger partial charge in [-0.25, -0.2) is 4.98 Å². The first-order valence-corrected chi connectivity index (χ1v) is 16.1. The Bertz CT molecular complexity index is 1740. The van der Waals surface area contributed by atoms with E-state index in [4.69, 9.17) is 11.6 Å². The van der Waals surface area contributed by atoms with Crippen LogP contribution in [0.1, 0.15) is 22.8 Å². The van der Waals surface area contributed by atoms with E-state index >= 15 is 0 Å². The number of hydrogen-bond acceptors (Lipinski definition) is 7. The van der Waals surface area contributed by atoms with Crippen molar-refractivity contribution in [3.8, 4) is 10.6 Å². The molecule has 3 aromatic carbocycles. The molecule has 0 bridgehead atoms. The maximum Gasteiger partial charge on any atom is 0.272 e. The number of aromatic nitrogens is 1. The average molecular weight is 645 g/mol. The number of carbonyl (C=O) groups excluding carboxylic acids is 3. The first kappa shape index (κ1) is 30.2. The van der Waals surface area contributed by atoms with Crippen LogP contribution in [0.2, 0.25) is 5.02 Å². The van der Waals surface area contributed by atoms with Crippen LogP contribution < -0.4 is 16.0 Å². The fraction of sp³-hybridized carbons (Fsp3) is 0.0625. The maximum absolute atomic E-state index is 13.3. The monoisotopic (exact) mass is 644 g/mol. The van der Waals surface area contributed by atoms with Gasteiger partial charge in [-0.2, -0.15) is 0 Å². The Balaban J connectivity index is 1.21. The van der Waals surface area contributed by atoms with Crippen molar-refractivity contribution < 1.29 is 14.4 Å². The molecule has 0 spiro atoms. The Morgan fingerprint density at radius 3 is 2.33 bits per heavy atom. The molecule has 5 aromatic rings. The molecule has 5 rings (SSSR count). The Morgan fingerprint density at radius 2 is 1.63 bits per heavy atom. The van der Waals surface area contributed by atoms with E-state index in [0.29, 0.717) is 27.0 Å². The van der Waals surface area contributed by atoms with Gasteiger partial charge in [0.25, 0.3) is 11.8 Å². The average Bonchev–Trinajstić information content (AvgIpc) is 3.72. The summed E-state index contributed by atoms with van der Waals surface area (Å²) in [4.78, 5) is 45.3. The maximum atomic E-state index is 13.3. The minimum atomic E-state index is -0.488. The van der Waals surface area contributed by atoms with Crippen molar-refractivity contribution in [2.75, 3.05) is 10.6 Å². The number of thioether (sulfide) groups is 1. The van der Waals surface area contributed by atoms with Crippen LogP contribution in [-0.4, -0.2) is 28.0 Å². The van der Waals surface area contributed by atoms with Gasteiger partial charge in [-0.05, 0) is 78.5 Å². The summed E-state index contributed by atoms with van der Waals surface area (Å²) >= 11 is 10.4. The molecule has 0 fully saturated rings. The molecular formula is C32H25ClN4O3S3. The second-order valence-corrected chi connectivity index (χ2v) is 12.8. The third-order valence-electron chi connectivity index (χ3n) is 6.01. The third-order valence-corrected chi connectivity index (χ3v) is 9.03. The summed E-state index contributed by atoms with van der Waals surface area (Å²) in [6.07, 6.45) is 1.59. The molecule has 0 aliphatic heterocycles. The van der Waals surface area contributed by atoms with Crippen LogP contribution >= 0.6 is 46.0 Å². The highest BCUT2D eigenvalue weighted by molar-refractivity contribution is 8.00. The van der Waals surface area contributed by atoms with E-state index in [2.05, 4.69) is 20.9 Å². The van der Waals surface area contributed by atoms with Crippen molar-refractivity contribution in [2.24, 2.45) is 0 Å². The zero-order valence-electron chi connectivity index (χ0n) is 22.7. The van der Waals surface area contributed by atoms with Crippen LogP contribution in [0.3, 0.4) is 0 Å². The third kappa shape index (κ3) is 8.42. The molecule has 0 saturated heterocycles. The zero-order chi connectivity index (χ0) is 30.2. The molecular weight excluding hydrogens is 620 g/mol. The largest absolute Gasteiger partial charge is 0.321 e. The van der Waals surface area contributed by atoms with Gasteiger partial charge < -0.3 is 16.0 Å². The number of benzene rings is 3. The Kier molecular flexibility index (Phi) is 10.1. The van der Waals surface area contributed by atoms with Crippen LogP contribution in [0.25, 0.3) is 16.6 Å². The molecule has 0 radical (unpaired) electrons. The molecule has 0 saturated carbocycles. The summed E-state index contributed by atoms with van der Waals surface area (Å²) in [6, 6.07) is 26.7. The second kappa shape index (κ2) is 14.3. The van der Waals surface area contributed by atoms with Gasteiger partial charge in [0, 0.05) is 26.5 Å². The minimum absolute atomic E-state index is 0.0735. The van der Waals surface area contributed by atoms with Gasteiger partial charge in [0.2, 0.25) is 5.91 Å². The Morgan fingerprint density at radius 1 is 0.884 bits per heavy atom. The Hall–Kier alpha value is -4.22. The number of thiophene rings is 1. The van der Waals surface area contributed by atoms with E-state index in [0.717, 1.165) is 15.5 Å². The molecule has 0 aliphatic rings. The van der Waals surface area contributed by atoms with Gasteiger partial charge in [0.1, 0.15) is 5.70 Å². The minimum Gasteiger partial charge on any atom is -0.321 e. The number of nitrogens with one attached hydrogen (secondary N) is 3. The number of halogens is 1. The molecule has 2 aromatic heterocycles. The van der Waals surface area contributed by atoms with Crippen LogP contribution in [0.15, 0.2) is 112 Å². The summed E-state index contributed by atoms with van der Waals surface area (Å²) in [6.45, 7) is 1.83. The van der Waals surface area contributed by atoms with Crippen molar-refractivity contribution in [3.63, 3.8) is 0 Å². The van der Waals surface area contributed by atoms with E-state index < -0.39 is 11.8 Å². The first-order valence-electron chi connectivity index (χ1n) is 13.1. The molecule has 11 heteroatoms. The highest BCUT2D eigenvalue weighted by Gasteiger charge is 2.18. The normalized spacial score (nSPS) is 11.9. The molecule has 1 unspecified atom stereocenters. The fourth-order valence-corrected chi connectivity index (χ4v) is 6.28. The van der Waals surface area contributed by atoms with Crippen LogP contribution in [0.4, 0.5) is 10.8 Å². The fourth-order valence-electron chi connectivity index (χ4n) is 3.82. The van der Waals surface area contributed by atoms with E-state index in [1.165, 1.54) is 23.1 Å². The van der Waals surface area contributed by atoms with Crippen molar-refractivity contribution >= 4 is 80.7 Å². The highest BCUT2D eigenvalue weighted by Crippen LogP contribution is 2.30. The lowest BCUT2D eigenvalue weighted by Gasteiger charge is -2.13. The smallest absolute Gasteiger partial charge is 0.272 e. The van der Waals surface area contributed by atoms with Gasteiger partial charge in [-0.1, -0.05) is 48.0 Å². The van der Waals surface area contributed by atoms with Crippen molar-refractivity contribution in [2.45, 2.75) is 17.1 Å². The molecule has 3 amide bonds. The summed E-state index contributed by atoms with van der Waals surface area (Å²) < 4.78 is 0. The lowest BCUT2D eigenvalue weighted by molar-refractivity contribution is -0.115. The summed E-state index contributed by atoms with van der Waals surface area (Å²) in [5, 5.41) is 13.1. The molecule has 216 valence electrons. The lowest BCUT2D eigenvalue weighted by Crippen LogP contribution is -2.30. The van der Waals surface area contributed by atoms with Gasteiger partial charge in [-0.15, -0.1) is 34.4 Å². The standard InChI is InChI=1S/C32H25ClN4O3S3/c1-20(29(38)37-32-36-27(19-42-32)28-8-5-17-41-28)43-25-15-13-24(14-16-25)34-31(40)26(18-21-9-11-23(33)12-10-21)35-30(39)22-6-3-2-4-7-22/h2-20H,1H3,(H,34,40)(H,35,39)(H,36,37,38)/b26-18-. The summed E-state index contributed by atoms with van der Waals surface area (Å²) in [5.41, 5.74) is 2.58. The van der Waals surface area contributed by atoms with Gasteiger partial charge in [0.15, 0.2) is 5.13 Å². The number of rotatable bonds is 10. The number of hydrogen-bond donors (Lipinski definition) is 3. The van der Waals surface area contributed by atoms with Gasteiger partial charge in [-0.3, -0.25) is 14.4 Å². The topological polar surface area (TPSA) is 100 Å². The van der Waals surface area contributed by atoms with E-state index in [1.807, 2.05) is 48.0 Å². The first-order chi connectivity index (χ1) is 20.8. The number of carbonyl (C=O) groups is 3. The number of anilines is 2.